The van der Waals surface area contributed by atoms with Gasteiger partial charge in [0.05, 0.1) is 0 Å². The van der Waals surface area contributed by atoms with Crippen molar-refractivity contribution in [3.05, 3.63) is 35.6 Å². The fourth-order valence-corrected chi connectivity index (χ4v) is 3.65. The van der Waals surface area contributed by atoms with Crippen molar-refractivity contribution in [2.24, 2.45) is 0 Å². The van der Waals surface area contributed by atoms with Gasteiger partial charge in [-0.2, -0.15) is 11.8 Å². The lowest BCUT2D eigenvalue weighted by molar-refractivity contribution is 0.342. The summed E-state index contributed by atoms with van der Waals surface area (Å²) in [6.07, 6.45) is 2.56. The van der Waals surface area contributed by atoms with Gasteiger partial charge in [0.2, 0.25) is 0 Å². The largest absolute Gasteiger partial charge is 0.317 e. The summed E-state index contributed by atoms with van der Waals surface area (Å²) in [4.78, 5) is 2.20. The zero-order valence-corrected chi connectivity index (χ0v) is 12.4. The van der Waals surface area contributed by atoms with Gasteiger partial charge in [0.25, 0.3) is 0 Å². The van der Waals surface area contributed by atoms with Crippen molar-refractivity contribution >= 4 is 11.8 Å². The highest BCUT2D eigenvalue weighted by Gasteiger charge is 2.13. The number of rotatable bonds is 6. The van der Waals surface area contributed by atoms with Gasteiger partial charge < -0.3 is 10.2 Å². The fraction of sp³-hybridized carbons (Fsp3) is 0.600. The van der Waals surface area contributed by atoms with Gasteiger partial charge in [-0.3, -0.25) is 0 Å². The Bertz CT molecular complexity index is 380. The van der Waals surface area contributed by atoms with Crippen LogP contribution in [0.2, 0.25) is 0 Å². The second-order valence-electron chi connectivity index (χ2n) is 5.15. The molecule has 0 amide bonds. The maximum atomic E-state index is 13.5. The maximum absolute atomic E-state index is 13.5. The third-order valence-electron chi connectivity index (χ3n) is 3.51. The quantitative estimate of drug-likeness (QED) is 0.864. The normalized spacial score (nSPS) is 17.0. The lowest BCUT2D eigenvalue weighted by atomic mass is 10.2. The molecule has 1 aliphatic rings. The topological polar surface area (TPSA) is 15.3 Å². The van der Waals surface area contributed by atoms with Crippen LogP contribution in [0.1, 0.15) is 18.4 Å². The molecule has 1 fully saturated rings. The van der Waals surface area contributed by atoms with E-state index in [2.05, 4.69) is 29.0 Å². The molecule has 0 aromatic heterocycles. The van der Waals surface area contributed by atoms with Gasteiger partial charge in [-0.15, -0.1) is 0 Å². The van der Waals surface area contributed by atoms with Crippen molar-refractivity contribution < 1.29 is 4.39 Å². The van der Waals surface area contributed by atoms with E-state index in [1.165, 1.54) is 18.9 Å². The third kappa shape index (κ3) is 5.13. The van der Waals surface area contributed by atoms with Crippen LogP contribution in [-0.4, -0.2) is 42.6 Å². The second-order valence-corrected chi connectivity index (χ2v) is 6.56. The highest BCUT2D eigenvalue weighted by atomic mass is 32.2. The Labute approximate surface area is 119 Å². The minimum Gasteiger partial charge on any atom is -0.317 e. The van der Waals surface area contributed by atoms with E-state index in [4.69, 9.17) is 0 Å². The predicted molar refractivity (Wildman–Crippen MR) is 81.1 cm³/mol. The molecular formula is C15H23FN2S. The first-order valence-electron chi connectivity index (χ1n) is 7.00. The lowest BCUT2D eigenvalue weighted by Gasteiger charge is -2.23. The van der Waals surface area contributed by atoms with E-state index in [0.717, 1.165) is 36.2 Å². The van der Waals surface area contributed by atoms with Crippen molar-refractivity contribution in [2.75, 3.05) is 32.4 Å². The summed E-state index contributed by atoms with van der Waals surface area (Å²) in [5, 5.41) is 4.20. The smallest absolute Gasteiger partial charge is 0.127 e. The van der Waals surface area contributed by atoms with E-state index in [1.54, 1.807) is 6.07 Å². The van der Waals surface area contributed by atoms with Crippen LogP contribution in [0.25, 0.3) is 0 Å². The van der Waals surface area contributed by atoms with Crippen molar-refractivity contribution in [2.45, 2.75) is 24.6 Å². The summed E-state index contributed by atoms with van der Waals surface area (Å²) in [7, 11) is 2.06. The molecule has 0 saturated carbocycles. The molecule has 0 aliphatic carbocycles. The first kappa shape index (κ1) is 14.8. The van der Waals surface area contributed by atoms with Crippen molar-refractivity contribution in [3.8, 4) is 0 Å². The molecule has 4 heteroatoms. The van der Waals surface area contributed by atoms with Crippen LogP contribution in [0.5, 0.6) is 0 Å². The number of nitrogens with zero attached hydrogens (tertiary/aromatic N) is 1. The number of hydrogen-bond acceptors (Lipinski definition) is 3. The van der Waals surface area contributed by atoms with E-state index in [1.807, 2.05) is 12.1 Å². The van der Waals surface area contributed by atoms with Crippen LogP contribution in [-0.2, 0) is 6.54 Å². The summed E-state index contributed by atoms with van der Waals surface area (Å²) in [5.41, 5.74) is 0.789. The SMILES string of the molecule is CN(CCSC1CCNCC1)Cc1ccccc1F. The summed E-state index contributed by atoms with van der Waals surface area (Å²) in [6.45, 7) is 4.02. The Morgan fingerprint density at radius 1 is 1.32 bits per heavy atom. The first-order chi connectivity index (χ1) is 9.25. The van der Waals surface area contributed by atoms with Crippen LogP contribution in [0.15, 0.2) is 24.3 Å². The average molecular weight is 282 g/mol. The van der Waals surface area contributed by atoms with E-state index < -0.39 is 0 Å². The minimum atomic E-state index is -0.0969. The number of piperidine rings is 1. The monoisotopic (exact) mass is 282 g/mol. The van der Waals surface area contributed by atoms with E-state index >= 15 is 0 Å². The first-order valence-corrected chi connectivity index (χ1v) is 8.05. The molecule has 1 saturated heterocycles. The summed E-state index contributed by atoms with van der Waals surface area (Å²) < 4.78 is 13.5. The molecular weight excluding hydrogens is 259 g/mol. The van der Waals surface area contributed by atoms with Gasteiger partial charge in [0, 0.05) is 29.7 Å². The highest BCUT2D eigenvalue weighted by molar-refractivity contribution is 7.99. The molecule has 0 unspecified atom stereocenters. The van der Waals surface area contributed by atoms with E-state index in [-0.39, 0.29) is 5.82 Å². The lowest BCUT2D eigenvalue weighted by Crippen LogP contribution is -2.30. The van der Waals surface area contributed by atoms with Gasteiger partial charge in [-0.1, -0.05) is 18.2 Å². The van der Waals surface area contributed by atoms with Crippen LogP contribution < -0.4 is 5.32 Å². The van der Waals surface area contributed by atoms with Crippen molar-refractivity contribution in [1.82, 2.24) is 10.2 Å². The zero-order valence-electron chi connectivity index (χ0n) is 11.6. The fourth-order valence-electron chi connectivity index (χ4n) is 2.33. The van der Waals surface area contributed by atoms with Gasteiger partial charge in [0.15, 0.2) is 0 Å². The maximum Gasteiger partial charge on any atom is 0.127 e. The van der Waals surface area contributed by atoms with Crippen LogP contribution in [0, 0.1) is 5.82 Å². The molecule has 0 spiro atoms. The molecule has 106 valence electrons. The number of hydrogen-bond donors (Lipinski definition) is 1. The molecule has 1 heterocycles. The van der Waals surface area contributed by atoms with Crippen LogP contribution in [0.4, 0.5) is 4.39 Å². The zero-order chi connectivity index (χ0) is 13.5. The van der Waals surface area contributed by atoms with Gasteiger partial charge in [0.1, 0.15) is 5.82 Å². The Balaban J connectivity index is 1.67. The molecule has 1 aliphatic heterocycles. The molecule has 2 nitrogen and oxygen atoms in total. The Morgan fingerprint density at radius 3 is 2.79 bits per heavy atom. The predicted octanol–water partition coefficient (Wildman–Crippen LogP) is 2.74. The summed E-state index contributed by atoms with van der Waals surface area (Å²) >= 11 is 2.07. The van der Waals surface area contributed by atoms with Crippen LogP contribution >= 0.6 is 11.8 Å². The molecule has 19 heavy (non-hydrogen) atoms. The Hall–Kier alpha value is -0.580. The summed E-state index contributed by atoms with van der Waals surface area (Å²) in [6, 6.07) is 7.04. The van der Waals surface area contributed by atoms with E-state index in [0.29, 0.717) is 6.54 Å². The number of nitrogens with one attached hydrogen (secondary N) is 1. The van der Waals surface area contributed by atoms with Crippen molar-refractivity contribution in [1.29, 1.82) is 0 Å². The molecule has 0 atom stereocenters. The van der Waals surface area contributed by atoms with Crippen LogP contribution in [0.3, 0.4) is 0 Å². The number of thioether (sulfide) groups is 1. The van der Waals surface area contributed by atoms with Gasteiger partial charge >= 0.3 is 0 Å². The van der Waals surface area contributed by atoms with Crippen molar-refractivity contribution in [3.63, 3.8) is 0 Å². The standard InChI is InChI=1S/C15H23FN2S/c1-18(12-13-4-2-3-5-15(13)16)10-11-19-14-6-8-17-9-7-14/h2-5,14,17H,6-12H2,1H3. The molecule has 0 radical (unpaired) electrons. The van der Waals surface area contributed by atoms with Gasteiger partial charge in [-0.25, -0.2) is 4.39 Å². The third-order valence-corrected chi connectivity index (χ3v) is 4.87. The average Bonchev–Trinajstić information content (AvgIpc) is 2.43. The molecule has 1 aromatic carbocycles. The van der Waals surface area contributed by atoms with E-state index in [9.17, 15) is 4.39 Å². The Morgan fingerprint density at radius 2 is 2.05 bits per heavy atom. The minimum absolute atomic E-state index is 0.0969. The number of halogens is 1. The number of benzene rings is 1. The molecule has 1 N–H and O–H groups in total. The Kier molecular flexibility index (Phi) is 6.14. The molecule has 2 rings (SSSR count). The molecule has 0 bridgehead atoms. The summed E-state index contributed by atoms with van der Waals surface area (Å²) in [5.74, 6) is 1.04. The van der Waals surface area contributed by atoms with Gasteiger partial charge in [-0.05, 0) is 39.0 Å². The second kappa shape index (κ2) is 7.88. The molecule has 1 aromatic rings. The highest BCUT2D eigenvalue weighted by Crippen LogP contribution is 2.20.